The van der Waals surface area contributed by atoms with Gasteiger partial charge in [-0.1, -0.05) is 108 Å². The molecule has 0 amide bonds. The van der Waals surface area contributed by atoms with Crippen molar-refractivity contribution in [3.8, 4) is 5.75 Å². The van der Waals surface area contributed by atoms with E-state index in [0.717, 1.165) is 31.2 Å². The minimum atomic E-state index is -0.246. The fraction of sp³-hybridized carbons (Fsp3) is 0.556. The molecule has 0 aliphatic heterocycles. The lowest BCUT2D eigenvalue weighted by Gasteiger charge is -2.14. The number of rotatable bonds is 17. The molecule has 4 nitrogen and oxygen atoms in total. The van der Waals surface area contributed by atoms with Crippen molar-refractivity contribution < 1.29 is 9.53 Å². The van der Waals surface area contributed by atoms with E-state index in [4.69, 9.17) is 4.74 Å². The average molecular weight is 426 g/mol. The molecule has 0 saturated heterocycles. The quantitative estimate of drug-likeness (QED) is 0.204. The third kappa shape index (κ3) is 9.54. The molecule has 0 aliphatic rings. The molecule has 0 spiro atoms. The number of benzene rings is 1. The van der Waals surface area contributed by atoms with Gasteiger partial charge < -0.3 is 9.30 Å². The van der Waals surface area contributed by atoms with Crippen LogP contribution in [0.3, 0.4) is 0 Å². The highest BCUT2D eigenvalue weighted by atomic mass is 16.5. The first-order valence-electron chi connectivity index (χ1n) is 12.1. The zero-order chi connectivity index (χ0) is 22.2. The number of carbonyl (C=O) groups is 1. The number of hydrogen-bond donors (Lipinski definition) is 0. The van der Waals surface area contributed by atoms with Crippen LogP contribution in [0.4, 0.5) is 0 Å². The molecule has 0 saturated carbocycles. The molecule has 0 N–H and O–H groups in total. The maximum atomic E-state index is 12.3. The second-order valence-corrected chi connectivity index (χ2v) is 8.37. The summed E-state index contributed by atoms with van der Waals surface area (Å²) in [4.78, 5) is 23.9. The topological polar surface area (TPSA) is 48.3 Å². The molecule has 2 aromatic rings. The molecule has 0 fully saturated rings. The van der Waals surface area contributed by atoms with Crippen molar-refractivity contribution in [2.24, 2.45) is 0 Å². The van der Waals surface area contributed by atoms with Gasteiger partial charge in [0.25, 0.3) is 0 Å². The van der Waals surface area contributed by atoms with Crippen molar-refractivity contribution in [3.05, 3.63) is 64.1 Å². The van der Waals surface area contributed by atoms with Gasteiger partial charge in [0.15, 0.2) is 12.0 Å². The van der Waals surface area contributed by atoms with Gasteiger partial charge in [0.05, 0.1) is 0 Å². The van der Waals surface area contributed by atoms with Crippen molar-refractivity contribution in [1.82, 2.24) is 4.57 Å². The normalized spacial score (nSPS) is 10.9. The van der Waals surface area contributed by atoms with Crippen LogP contribution in [-0.4, -0.2) is 10.9 Å². The van der Waals surface area contributed by atoms with Gasteiger partial charge in [0.1, 0.15) is 12.3 Å². The zero-order valence-corrected chi connectivity index (χ0v) is 19.2. The summed E-state index contributed by atoms with van der Waals surface area (Å²) in [7, 11) is 0. The number of aldehydes is 1. The first-order valence-corrected chi connectivity index (χ1v) is 12.1. The van der Waals surface area contributed by atoms with E-state index in [1.807, 2.05) is 34.9 Å². The Kier molecular flexibility index (Phi) is 12.4. The summed E-state index contributed by atoms with van der Waals surface area (Å²) in [6.45, 7) is 3.27. The van der Waals surface area contributed by atoms with Gasteiger partial charge in [-0.2, -0.15) is 0 Å². The number of aromatic nitrogens is 1. The molecule has 1 aromatic heterocycles. The third-order valence-electron chi connectivity index (χ3n) is 5.76. The smallest absolute Gasteiger partial charge is 0.224 e. The van der Waals surface area contributed by atoms with E-state index in [-0.39, 0.29) is 17.8 Å². The number of unbranched alkanes of at least 4 members (excludes halogenated alkanes) is 11. The Labute approximate surface area is 187 Å². The van der Waals surface area contributed by atoms with Crippen molar-refractivity contribution in [1.29, 1.82) is 0 Å². The number of ether oxygens (including phenoxy) is 1. The second kappa shape index (κ2) is 15.4. The second-order valence-electron chi connectivity index (χ2n) is 8.37. The largest absolute Gasteiger partial charge is 0.483 e. The minimum Gasteiger partial charge on any atom is -0.483 e. The van der Waals surface area contributed by atoms with Crippen LogP contribution in [0.25, 0.3) is 0 Å². The van der Waals surface area contributed by atoms with E-state index >= 15 is 0 Å². The van der Waals surface area contributed by atoms with Gasteiger partial charge in [-0.15, -0.1) is 0 Å². The van der Waals surface area contributed by atoms with Crippen LogP contribution >= 0.6 is 0 Å². The molecule has 1 heterocycles. The number of nitrogens with zero attached hydrogens (tertiary/aromatic N) is 1. The standard InChI is InChI=1S/C27H39NO3/c1-2-3-4-5-6-7-8-9-10-11-12-16-20-28-21-19-26(30)27(25(28)22-29)31-23-24-17-14-13-15-18-24/h13-15,17-19,21-22H,2-12,16,20,23H2,1H3. The lowest BCUT2D eigenvalue weighted by Crippen LogP contribution is -2.16. The maximum absolute atomic E-state index is 12.3. The van der Waals surface area contributed by atoms with Crippen LogP contribution < -0.4 is 10.2 Å². The number of aryl methyl sites for hydroxylation is 1. The average Bonchev–Trinajstić information content (AvgIpc) is 2.80. The Morgan fingerprint density at radius 3 is 1.97 bits per heavy atom. The fourth-order valence-corrected chi connectivity index (χ4v) is 3.88. The van der Waals surface area contributed by atoms with Crippen LogP contribution in [-0.2, 0) is 13.2 Å². The van der Waals surface area contributed by atoms with E-state index < -0.39 is 0 Å². The number of pyridine rings is 1. The molecule has 1 aromatic carbocycles. The molecule has 0 radical (unpaired) electrons. The van der Waals surface area contributed by atoms with Crippen molar-refractivity contribution >= 4 is 6.29 Å². The van der Waals surface area contributed by atoms with E-state index in [1.54, 1.807) is 6.20 Å². The van der Waals surface area contributed by atoms with Crippen LogP contribution in [0.5, 0.6) is 5.75 Å². The van der Waals surface area contributed by atoms with Gasteiger partial charge in [-0.25, -0.2) is 0 Å². The van der Waals surface area contributed by atoms with Crippen LogP contribution in [0.15, 0.2) is 47.4 Å². The highest BCUT2D eigenvalue weighted by Crippen LogP contribution is 2.16. The summed E-state index contributed by atoms with van der Waals surface area (Å²) < 4.78 is 7.59. The van der Waals surface area contributed by atoms with Gasteiger partial charge in [0, 0.05) is 18.8 Å². The monoisotopic (exact) mass is 425 g/mol. The molecule has 0 atom stereocenters. The summed E-state index contributed by atoms with van der Waals surface area (Å²) in [6.07, 6.45) is 18.0. The summed E-state index contributed by atoms with van der Waals surface area (Å²) in [5, 5.41) is 0. The fourth-order valence-electron chi connectivity index (χ4n) is 3.88. The van der Waals surface area contributed by atoms with Gasteiger partial charge in [-0.3, -0.25) is 9.59 Å². The van der Waals surface area contributed by atoms with Gasteiger partial charge in [-0.05, 0) is 12.0 Å². The first-order chi connectivity index (χ1) is 15.3. The van der Waals surface area contributed by atoms with E-state index in [9.17, 15) is 9.59 Å². The Hall–Kier alpha value is -2.36. The maximum Gasteiger partial charge on any atom is 0.224 e. The minimum absolute atomic E-state index is 0.153. The molecule has 2 rings (SSSR count). The molecule has 31 heavy (non-hydrogen) atoms. The molecule has 0 bridgehead atoms. The van der Waals surface area contributed by atoms with E-state index in [2.05, 4.69) is 6.92 Å². The van der Waals surface area contributed by atoms with Gasteiger partial charge >= 0.3 is 0 Å². The predicted molar refractivity (Wildman–Crippen MR) is 128 cm³/mol. The van der Waals surface area contributed by atoms with Crippen LogP contribution in [0.1, 0.15) is 100 Å². The number of hydrogen-bond acceptors (Lipinski definition) is 3. The summed E-state index contributed by atoms with van der Waals surface area (Å²) >= 11 is 0. The van der Waals surface area contributed by atoms with Crippen molar-refractivity contribution in [2.45, 2.75) is 97.1 Å². The Morgan fingerprint density at radius 1 is 0.806 bits per heavy atom. The van der Waals surface area contributed by atoms with Crippen LogP contribution in [0.2, 0.25) is 0 Å². The Morgan fingerprint density at radius 2 is 1.39 bits per heavy atom. The summed E-state index contributed by atoms with van der Waals surface area (Å²) in [6, 6.07) is 11.2. The molecular formula is C27H39NO3. The van der Waals surface area contributed by atoms with Crippen molar-refractivity contribution in [2.75, 3.05) is 0 Å². The van der Waals surface area contributed by atoms with E-state index in [0.29, 0.717) is 5.69 Å². The molecule has 4 heteroatoms. The molecule has 0 unspecified atom stereocenters. The van der Waals surface area contributed by atoms with Gasteiger partial charge in [0.2, 0.25) is 5.43 Å². The van der Waals surface area contributed by atoms with Crippen molar-refractivity contribution in [3.63, 3.8) is 0 Å². The predicted octanol–water partition coefficient (Wildman–Crippen LogP) is 6.94. The number of carbonyl (C=O) groups excluding carboxylic acids is 1. The van der Waals surface area contributed by atoms with Crippen LogP contribution in [0, 0.1) is 0 Å². The first kappa shape index (κ1) is 24.9. The lowest BCUT2D eigenvalue weighted by molar-refractivity contribution is 0.110. The molecule has 170 valence electrons. The third-order valence-corrected chi connectivity index (χ3v) is 5.76. The lowest BCUT2D eigenvalue weighted by atomic mass is 10.1. The molecular weight excluding hydrogens is 386 g/mol. The highest BCUT2D eigenvalue weighted by molar-refractivity contribution is 5.76. The van der Waals surface area contributed by atoms with E-state index in [1.165, 1.54) is 70.3 Å². The summed E-state index contributed by atoms with van der Waals surface area (Å²) in [5.41, 5.74) is 1.06. The Bertz CT molecular complexity index is 798. The Balaban J connectivity index is 1.69. The zero-order valence-electron chi connectivity index (χ0n) is 19.2. The SMILES string of the molecule is CCCCCCCCCCCCCCn1ccc(=O)c(OCc2ccccc2)c1C=O. The summed E-state index contributed by atoms with van der Waals surface area (Å²) in [5.74, 6) is 0.153. The molecule has 0 aliphatic carbocycles. The highest BCUT2D eigenvalue weighted by Gasteiger charge is 2.12.